The van der Waals surface area contributed by atoms with Crippen LogP contribution in [-0.4, -0.2) is 44.4 Å². The minimum atomic E-state index is -3.47. The van der Waals surface area contributed by atoms with Crippen LogP contribution in [0.3, 0.4) is 0 Å². The zero-order valence-electron chi connectivity index (χ0n) is 18.3. The van der Waals surface area contributed by atoms with Crippen LogP contribution in [0.15, 0.2) is 34.2 Å². The van der Waals surface area contributed by atoms with E-state index < -0.39 is 9.84 Å². The second kappa shape index (κ2) is 8.08. The highest BCUT2D eigenvalue weighted by Crippen LogP contribution is 2.39. The van der Waals surface area contributed by atoms with Crippen LogP contribution in [0.5, 0.6) is 0 Å². The highest BCUT2D eigenvalue weighted by atomic mass is 32.2. The Bertz CT molecular complexity index is 1230. The van der Waals surface area contributed by atoms with Gasteiger partial charge in [0.2, 0.25) is 0 Å². The Labute approximate surface area is 188 Å². The zero-order chi connectivity index (χ0) is 22.5. The molecule has 0 amide bonds. The van der Waals surface area contributed by atoms with Crippen molar-refractivity contribution in [1.82, 2.24) is 4.98 Å². The fourth-order valence-corrected chi connectivity index (χ4v) is 5.30. The fraction of sp³-hybridized carbons (Fsp3) is 0.458. The van der Waals surface area contributed by atoms with E-state index in [1.807, 2.05) is 25.1 Å². The Balaban J connectivity index is 1.52. The number of ketones is 1. The van der Waals surface area contributed by atoms with Crippen molar-refractivity contribution in [3.63, 3.8) is 0 Å². The molecule has 0 bridgehead atoms. The number of fused-ring (bicyclic) bond motifs is 1. The molecule has 8 heteroatoms. The number of nitrogens with one attached hydrogen (secondary N) is 1. The van der Waals surface area contributed by atoms with Crippen molar-refractivity contribution < 1.29 is 17.9 Å². The lowest BCUT2D eigenvalue weighted by Crippen LogP contribution is -2.09. The molecule has 1 atom stereocenters. The van der Waals surface area contributed by atoms with Crippen LogP contribution >= 0.6 is 0 Å². The van der Waals surface area contributed by atoms with E-state index in [1.54, 1.807) is 6.07 Å². The normalized spacial score (nSPS) is 20.2. The Morgan fingerprint density at radius 3 is 2.69 bits per heavy atom. The topological polar surface area (TPSA) is 97.7 Å². The van der Waals surface area contributed by atoms with E-state index in [4.69, 9.17) is 4.74 Å². The highest BCUT2D eigenvalue weighted by Gasteiger charge is 2.30. The van der Waals surface area contributed by atoms with Crippen LogP contribution in [0.25, 0.3) is 0 Å². The molecule has 1 N–H and O–H groups in total. The van der Waals surface area contributed by atoms with Gasteiger partial charge in [0, 0.05) is 43.3 Å². The second-order valence-corrected chi connectivity index (χ2v) is 11.1. The van der Waals surface area contributed by atoms with Gasteiger partial charge in [-0.1, -0.05) is 6.07 Å². The van der Waals surface area contributed by atoms with E-state index in [2.05, 4.69) is 15.3 Å². The van der Waals surface area contributed by atoms with Crippen LogP contribution in [-0.2, 0) is 32.2 Å². The molecule has 1 saturated heterocycles. The molecule has 0 radical (unpaired) electrons. The molecular weight excluding hydrogens is 426 g/mol. The predicted molar refractivity (Wildman–Crippen MR) is 123 cm³/mol. The SMILES string of the molecule is CC1=Nc2c(Nc3ccc(C4CCOC4)cc3S(C)(=O)=O)cc(CC(=O)C3CC3)nc2C1. The summed E-state index contributed by atoms with van der Waals surface area (Å²) in [6.07, 6.45) is 4.97. The molecule has 2 aromatic rings. The summed E-state index contributed by atoms with van der Waals surface area (Å²) in [7, 11) is -3.47. The molecule has 1 aliphatic carbocycles. The number of aliphatic imine (C=N–C) groups is 1. The van der Waals surface area contributed by atoms with Crippen molar-refractivity contribution >= 4 is 38.4 Å². The van der Waals surface area contributed by atoms with Gasteiger partial charge in [0.1, 0.15) is 11.5 Å². The van der Waals surface area contributed by atoms with Gasteiger partial charge in [0.25, 0.3) is 0 Å². The Morgan fingerprint density at radius 2 is 2.00 bits per heavy atom. The van der Waals surface area contributed by atoms with Gasteiger partial charge in [-0.15, -0.1) is 0 Å². The minimum Gasteiger partial charge on any atom is -0.381 e. The van der Waals surface area contributed by atoms with Gasteiger partial charge in [-0.3, -0.25) is 14.8 Å². The van der Waals surface area contributed by atoms with Crippen LogP contribution in [0.1, 0.15) is 49.1 Å². The van der Waals surface area contributed by atoms with Crippen LogP contribution in [0, 0.1) is 5.92 Å². The number of rotatable bonds is 7. The number of benzene rings is 1. The average Bonchev–Trinajstić information content (AvgIpc) is 3.30. The van der Waals surface area contributed by atoms with Gasteiger partial charge in [-0.2, -0.15) is 0 Å². The molecule has 0 spiro atoms. The largest absolute Gasteiger partial charge is 0.381 e. The maximum atomic E-state index is 12.6. The van der Waals surface area contributed by atoms with E-state index in [0.717, 1.165) is 41.9 Å². The molecule has 3 aliphatic rings. The smallest absolute Gasteiger partial charge is 0.177 e. The number of hydrogen-bond donors (Lipinski definition) is 1. The first-order chi connectivity index (χ1) is 15.3. The number of nitrogens with zero attached hydrogens (tertiary/aromatic N) is 2. The van der Waals surface area contributed by atoms with Gasteiger partial charge >= 0.3 is 0 Å². The molecule has 5 rings (SSSR count). The predicted octanol–water partition coefficient (Wildman–Crippen LogP) is 3.90. The van der Waals surface area contributed by atoms with Gasteiger partial charge in [0.05, 0.1) is 34.3 Å². The van der Waals surface area contributed by atoms with E-state index in [-0.39, 0.29) is 22.5 Å². The van der Waals surface area contributed by atoms with Crippen molar-refractivity contribution in [2.24, 2.45) is 10.9 Å². The maximum Gasteiger partial charge on any atom is 0.177 e. The van der Waals surface area contributed by atoms with Crippen LogP contribution in [0.2, 0.25) is 0 Å². The molecule has 32 heavy (non-hydrogen) atoms. The number of pyridine rings is 1. The number of carbonyl (C=O) groups is 1. The first kappa shape index (κ1) is 21.3. The number of carbonyl (C=O) groups excluding carboxylic acids is 1. The molecular formula is C24H27N3O4S. The third kappa shape index (κ3) is 4.34. The summed E-state index contributed by atoms with van der Waals surface area (Å²) in [5.41, 5.74) is 5.35. The van der Waals surface area contributed by atoms with Crippen LogP contribution < -0.4 is 5.32 Å². The van der Waals surface area contributed by atoms with Crippen LogP contribution in [0.4, 0.5) is 17.1 Å². The molecule has 3 heterocycles. The van der Waals surface area contributed by atoms with Gasteiger partial charge in [0.15, 0.2) is 9.84 Å². The quantitative estimate of drug-likeness (QED) is 0.683. The Hall–Kier alpha value is -2.58. The summed E-state index contributed by atoms with van der Waals surface area (Å²) in [4.78, 5) is 21.9. The fourth-order valence-electron chi connectivity index (χ4n) is 4.43. The third-order valence-corrected chi connectivity index (χ3v) is 7.44. The second-order valence-electron chi connectivity index (χ2n) is 9.11. The lowest BCUT2D eigenvalue weighted by atomic mass is 9.98. The molecule has 7 nitrogen and oxygen atoms in total. The van der Waals surface area contributed by atoms with Gasteiger partial charge in [-0.25, -0.2) is 8.42 Å². The number of Topliss-reactive ketones (excluding diaryl/α,β-unsaturated/α-hetero) is 1. The number of hydrogen-bond acceptors (Lipinski definition) is 7. The van der Waals surface area contributed by atoms with Gasteiger partial charge in [-0.05, 0) is 49.9 Å². The molecule has 1 aromatic heterocycles. The minimum absolute atomic E-state index is 0.170. The summed E-state index contributed by atoms with van der Waals surface area (Å²) in [5, 5.41) is 3.31. The van der Waals surface area contributed by atoms with E-state index in [9.17, 15) is 13.2 Å². The molecule has 1 saturated carbocycles. The van der Waals surface area contributed by atoms with Gasteiger partial charge < -0.3 is 10.1 Å². The summed E-state index contributed by atoms with van der Waals surface area (Å²) >= 11 is 0. The van der Waals surface area contributed by atoms with E-state index in [0.29, 0.717) is 43.1 Å². The first-order valence-electron chi connectivity index (χ1n) is 11.1. The summed E-state index contributed by atoms with van der Waals surface area (Å²) < 4.78 is 30.7. The van der Waals surface area contributed by atoms with E-state index >= 15 is 0 Å². The molecule has 2 aliphatic heterocycles. The first-order valence-corrected chi connectivity index (χ1v) is 13.0. The number of aromatic nitrogens is 1. The monoisotopic (exact) mass is 453 g/mol. The highest BCUT2D eigenvalue weighted by molar-refractivity contribution is 7.90. The van der Waals surface area contributed by atoms with Crippen molar-refractivity contribution in [2.75, 3.05) is 24.8 Å². The summed E-state index contributed by atoms with van der Waals surface area (Å²) in [6.45, 7) is 3.25. The number of sulfone groups is 1. The van der Waals surface area contributed by atoms with Crippen molar-refractivity contribution in [3.8, 4) is 0 Å². The Kier molecular flexibility index (Phi) is 5.37. The molecule has 168 valence electrons. The summed E-state index contributed by atoms with van der Waals surface area (Å²) in [5.74, 6) is 0.601. The lowest BCUT2D eigenvalue weighted by Gasteiger charge is -2.17. The summed E-state index contributed by atoms with van der Waals surface area (Å²) in [6, 6.07) is 7.37. The number of anilines is 2. The lowest BCUT2D eigenvalue weighted by molar-refractivity contribution is -0.119. The maximum absolute atomic E-state index is 12.6. The van der Waals surface area contributed by atoms with Crippen molar-refractivity contribution in [2.45, 2.75) is 49.8 Å². The van der Waals surface area contributed by atoms with Crippen molar-refractivity contribution in [1.29, 1.82) is 0 Å². The third-order valence-electron chi connectivity index (χ3n) is 6.31. The standard InChI is InChI=1S/C24H27N3O4S/c1-14-9-20-24(25-14)21(11-18(26-20)12-22(28)15-3-4-15)27-19-6-5-16(17-7-8-31-13-17)10-23(19)32(2,29)30/h5-6,10-11,15,17H,3-4,7-9,12-13H2,1-2H3,(H,26,27). The Morgan fingerprint density at radius 1 is 1.19 bits per heavy atom. The zero-order valence-corrected chi connectivity index (χ0v) is 19.2. The molecule has 1 aromatic carbocycles. The number of ether oxygens (including phenoxy) is 1. The molecule has 2 fully saturated rings. The average molecular weight is 454 g/mol. The molecule has 1 unspecified atom stereocenters. The van der Waals surface area contributed by atoms with E-state index in [1.165, 1.54) is 6.26 Å². The van der Waals surface area contributed by atoms with Crippen molar-refractivity contribution in [3.05, 3.63) is 41.2 Å².